The van der Waals surface area contributed by atoms with Gasteiger partial charge >= 0.3 is 6.09 Å². The van der Waals surface area contributed by atoms with Crippen molar-refractivity contribution in [1.82, 2.24) is 4.90 Å². The van der Waals surface area contributed by atoms with Gasteiger partial charge in [-0.1, -0.05) is 17.7 Å². The summed E-state index contributed by atoms with van der Waals surface area (Å²) >= 11 is 0. The lowest BCUT2D eigenvalue weighted by molar-refractivity contribution is -0.00858. The number of nitrogens with one attached hydrogen (secondary N) is 1. The number of ketones is 1. The molecule has 1 saturated heterocycles. The molecule has 8 nitrogen and oxygen atoms in total. The maximum Gasteiger partial charge on any atom is 0.409 e. The first-order valence-electron chi connectivity index (χ1n) is 10.6. The molecule has 9 heteroatoms. The molecule has 2 aliphatic heterocycles. The molecule has 4 rings (SSSR count). The van der Waals surface area contributed by atoms with Gasteiger partial charge in [-0.3, -0.25) is 9.52 Å². The van der Waals surface area contributed by atoms with Crippen LogP contribution < -0.4 is 9.46 Å². The van der Waals surface area contributed by atoms with Gasteiger partial charge in [-0.2, -0.15) is 0 Å². The van der Waals surface area contributed by atoms with Crippen molar-refractivity contribution in [3.63, 3.8) is 0 Å². The van der Waals surface area contributed by atoms with Gasteiger partial charge in [0, 0.05) is 31.6 Å². The molecule has 0 atom stereocenters. The highest BCUT2D eigenvalue weighted by Gasteiger charge is 2.44. The first kappa shape index (κ1) is 22.1. The van der Waals surface area contributed by atoms with Crippen LogP contribution in [-0.2, 0) is 14.8 Å². The van der Waals surface area contributed by atoms with Gasteiger partial charge in [0.05, 0.1) is 23.5 Å². The Labute approximate surface area is 187 Å². The van der Waals surface area contributed by atoms with Gasteiger partial charge in [-0.15, -0.1) is 0 Å². The van der Waals surface area contributed by atoms with Crippen LogP contribution in [0.2, 0.25) is 0 Å². The second-order valence-electron chi connectivity index (χ2n) is 8.20. The lowest BCUT2D eigenvalue weighted by Crippen LogP contribution is -2.52. The molecule has 32 heavy (non-hydrogen) atoms. The van der Waals surface area contributed by atoms with E-state index in [9.17, 15) is 18.0 Å². The minimum atomic E-state index is -3.77. The fourth-order valence-electron chi connectivity index (χ4n) is 4.08. The molecular weight excluding hydrogens is 432 g/mol. The van der Waals surface area contributed by atoms with Crippen molar-refractivity contribution in [2.45, 2.75) is 43.6 Å². The summed E-state index contributed by atoms with van der Waals surface area (Å²) in [7, 11) is -3.77. The van der Waals surface area contributed by atoms with E-state index < -0.39 is 15.6 Å². The Kier molecular flexibility index (Phi) is 5.85. The molecule has 2 aromatic rings. The Morgan fingerprint density at radius 3 is 2.50 bits per heavy atom. The fourth-order valence-corrected chi connectivity index (χ4v) is 5.13. The average Bonchev–Trinajstić information content (AvgIpc) is 2.75. The molecule has 0 aliphatic carbocycles. The van der Waals surface area contributed by atoms with E-state index >= 15 is 0 Å². The summed E-state index contributed by atoms with van der Waals surface area (Å²) in [5, 5.41) is 0. The van der Waals surface area contributed by atoms with Crippen LogP contribution in [0.25, 0.3) is 0 Å². The molecule has 2 heterocycles. The van der Waals surface area contributed by atoms with Crippen LogP contribution in [-0.4, -0.2) is 50.5 Å². The van der Waals surface area contributed by atoms with Crippen molar-refractivity contribution in [2.24, 2.45) is 0 Å². The molecular formula is C23H26N2O6S. The number of nitrogens with zero attached hydrogens (tertiary/aromatic N) is 1. The van der Waals surface area contributed by atoms with Crippen molar-refractivity contribution in [3.8, 4) is 5.75 Å². The summed E-state index contributed by atoms with van der Waals surface area (Å²) in [6, 6.07) is 11.3. The first-order valence-corrected chi connectivity index (χ1v) is 12.1. The lowest BCUT2D eigenvalue weighted by Gasteiger charge is -2.43. The SMILES string of the molecule is CCOC(=O)N1CCC2(CC1)CC(=O)c1cc(NS(=O)(=O)c3ccc(C)cc3)ccc1O2. The van der Waals surface area contributed by atoms with E-state index in [2.05, 4.69) is 4.72 Å². The van der Waals surface area contributed by atoms with Gasteiger partial charge in [0.2, 0.25) is 0 Å². The number of benzene rings is 2. The first-order chi connectivity index (χ1) is 15.2. The van der Waals surface area contributed by atoms with Gasteiger partial charge in [-0.05, 0) is 44.2 Å². The van der Waals surface area contributed by atoms with E-state index in [1.54, 1.807) is 36.1 Å². The third kappa shape index (κ3) is 4.43. The zero-order chi connectivity index (χ0) is 22.9. The molecule has 1 amide bonds. The van der Waals surface area contributed by atoms with Gasteiger partial charge in [-0.25, -0.2) is 13.2 Å². The number of carbonyl (C=O) groups is 2. The predicted molar refractivity (Wildman–Crippen MR) is 119 cm³/mol. The number of ether oxygens (including phenoxy) is 2. The predicted octanol–water partition coefficient (Wildman–Crippen LogP) is 3.75. The van der Waals surface area contributed by atoms with Gasteiger partial charge < -0.3 is 14.4 Å². The third-order valence-corrected chi connectivity index (χ3v) is 7.27. The highest BCUT2D eigenvalue weighted by molar-refractivity contribution is 7.92. The van der Waals surface area contributed by atoms with Crippen molar-refractivity contribution in [2.75, 3.05) is 24.4 Å². The number of piperidine rings is 1. The molecule has 0 saturated carbocycles. The zero-order valence-electron chi connectivity index (χ0n) is 18.1. The largest absolute Gasteiger partial charge is 0.486 e. The van der Waals surface area contributed by atoms with Crippen LogP contribution in [0.3, 0.4) is 0 Å². The Morgan fingerprint density at radius 1 is 1.16 bits per heavy atom. The smallest absolute Gasteiger partial charge is 0.409 e. The second kappa shape index (κ2) is 8.46. The summed E-state index contributed by atoms with van der Waals surface area (Å²) in [5.41, 5.74) is 0.958. The normalized spacial score (nSPS) is 17.4. The van der Waals surface area contributed by atoms with Crippen LogP contribution in [0.5, 0.6) is 5.75 Å². The van der Waals surface area contributed by atoms with Gasteiger partial charge in [0.15, 0.2) is 5.78 Å². The summed E-state index contributed by atoms with van der Waals surface area (Å²) in [4.78, 5) is 26.7. The van der Waals surface area contributed by atoms with Crippen molar-refractivity contribution in [3.05, 3.63) is 53.6 Å². The molecule has 1 fully saturated rings. The molecule has 0 radical (unpaired) electrons. The Bertz CT molecular complexity index is 1140. The molecule has 2 aromatic carbocycles. The standard InChI is InChI=1S/C23H26N2O6S/c1-3-30-22(27)25-12-10-23(11-13-25)15-20(26)19-14-17(6-9-21(19)31-23)24-32(28,29)18-7-4-16(2)5-8-18/h4-9,14,24H,3,10-13,15H2,1-2H3. The quantitative estimate of drug-likeness (QED) is 0.749. The fraction of sp³-hybridized carbons (Fsp3) is 0.391. The minimum absolute atomic E-state index is 0.104. The molecule has 1 spiro atoms. The van der Waals surface area contributed by atoms with Gasteiger partial charge in [0.1, 0.15) is 11.4 Å². The lowest BCUT2D eigenvalue weighted by atomic mass is 9.82. The molecule has 2 aliphatic rings. The van der Waals surface area contributed by atoms with E-state index in [1.807, 2.05) is 6.92 Å². The van der Waals surface area contributed by atoms with Crippen molar-refractivity contribution < 1.29 is 27.5 Å². The van der Waals surface area contributed by atoms with E-state index in [-0.39, 0.29) is 23.2 Å². The van der Waals surface area contributed by atoms with E-state index in [4.69, 9.17) is 9.47 Å². The number of hydrogen-bond acceptors (Lipinski definition) is 6. The van der Waals surface area contributed by atoms with Crippen LogP contribution in [0.4, 0.5) is 10.5 Å². The molecule has 0 unspecified atom stereocenters. The van der Waals surface area contributed by atoms with Crippen LogP contribution in [0.1, 0.15) is 42.1 Å². The highest BCUT2D eigenvalue weighted by Crippen LogP contribution is 2.40. The maximum absolute atomic E-state index is 12.9. The molecule has 0 bridgehead atoms. The number of fused-ring (bicyclic) bond motifs is 1. The molecule has 170 valence electrons. The number of aryl methyl sites for hydroxylation is 1. The van der Waals surface area contributed by atoms with Crippen LogP contribution >= 0.6 is 0 Å². The Balaban J connectivity index is 1.49. The topological polar surface area (TPSA) is 102 Å². The molecule has 0 aromatic heterocycles. The van der Waals surface area contributed by atoms with Crippen molar-refractivity contribution in [1.29, 1.82) is 0 Å². The Morgan fingerprint density at radius 2 is 1.84 bits per heavy atom. The number of amides is 1. The maximum atomic E-state index is 12.9. The van der Waals surface area contributed by atoms with Crippen molar-refractivity contribution >= 4 is 27.6 Å². The zero-order valence-corrected chi connectivity index (χ0v) is 18.9. The van der Waals surface area contributed by atoms with Gasteiger partial charge in [0.25, 0.3) is 10.0 Å². The number of sulfonamides is 1. The number of hydrogen-bond donors (Lipinski definition) is 1. The number of carbonyl (C=O) groups excluding carboxylic acids is 2. The minimum Gasteiger partial charge on any atom is -0.486 e. The van der Waals surface area contributed by atoms with E-state index in [0.717, 1.165) is 5.56 Å². The average molecular weight is 459 g/mol. The number of anilines is 1. The summed E-state index contributed by atoms with van der Waals surface area (Å²) in [6.45, 7) is 4.87. The van der Waals surface area contributed by atoms with Crippen LogP contribution in [0.15, 0.2) is 47.4 Å². The van der Waals surface area contributed by atoms with Crippen LogP contribution in [0, 0.1) is 6.92 Å². The summed E-state index contributed by atoms with van der Waals surface area (Å²) < 4.78 is 39.1. The highest BCUT2D eigenvalue weighted by atomic mass is 32.2. The van der Waals surface area contributed by atoms with E-state index in [0.29, 0.717) is 49.5 Å². The number of Topliss-reactive ketones (excluding diaryl/α,β-unsaturated/α-hetero) is 1. The monoisotopic (exact) mass is 458 g/mol. The van der Waals surface area contributed by atoms with E-state index in [1.165, 1.54) is 18.2 Å². The summed E-state index contributed by atoms with van der Waals surface area (Å²) in [5.74, 6) is 0.330. The third-order valence-electron chi connectivity index (χ3n) is 5.87. The molecule has 1 N–H and O–H groups in total. The Hall–Kier alpha value is -3.07. The summed E-state index contributed by atoms with van der Waals surface area (Å²) in [6.07, 6.45) is 0.887. The second-order valence-corrected chi connectivity index (χ2v) is 9.88. The number of rotatable bonds is 4. The number of likely N-dealkylation sites (tertiary alicyclic amines) is 1.